The largest absolute Gasteiger partial charge is 0.428 e. The van der Waals surface area contributed by atoms with Gasteiger partial charge in [-0.05, 0) is 12.1 Å². The third-order valence-electron chi connectivity index (χ3n) is 1.81. The molecule has 0 spiro atoms. The van der Waals surface area contributed by atoms with Crippen LogP contribution in [0.25, 0.3) is 0 Å². The van der Waals surface area contributed by atoms with Crippen molar-refractivity contribution >= 4 is 22.9 Å². The topological polar surface area (TPSA) is 42.4 Å². The van der Waals surface area contributed by atoms with Crippen LogP contribution in [0.15, 0.2) is 24.3 Å². The van der Waals surface area contributed by atoms with E-state index in [4.69, 9.17) is 21.4 Å². The maximum Gasteiger partial charge on any atom is 0.280 e. The number of aliphatic hydroxyl groups is 1. The second-order valence-corrected chi connectivity index (χ2v) is 4.29. The summed E-state index contributed by atoms with van der Waals surface area (Å²) in [6.07, 6.45) is 0. The van der Waals surface area contributed by atoms with Crippen LogP contribution in [0.4, 0.5) is 4.39 Å². The van der Waals surface area contributed by atoms with Gasteiger partial charge in [-0.1, -0.05) is 35.1 Å². The highest BCUT2D eigenvalue weighted by Gasteiger charge is 2.11. The van der Waals surface area contributed by atoms with Gasteiger partial charge < -0.3 is 9.84 Å². The number of hydrogen-bond donors (Lipinski definition) is 1. The predicted octanol–water partition coefficient (Wildman–Crippen LogP) is 3.22. The van der Waals surface area contributed by atoms with E-state index in [0.29, 0.717) is 4.88 Å². The second-order valence-electron chi connectivity index (χ2n) is 2.88. The summed E-state index contributed by atoms with van der Waals surface area (Å²) in [4.78, 5) is 4.35. The van der Waals surface area contributed by atoms with Crippen molar-refractivity contribution in [2.24, 2.45) is 0 Å². The number of benzene rings is 1. The fourth-order valence-corrected chi connectivity index (χ4v) is 2.05. The first kappa shape index (κ1) is 11.3. The van der Waals surface area contributed by atoms with Crippen molar-refractivity contribution in [3.8, 4) is 10.9 Å². The molecule has 1 N–H and O–H groups in total. The zero-order valence-corrected chi connectivity index (χ0v) is 9.56. The molecule has 0 saturated heterocycles. The normalized spacial score (nSPS) is 10.4. The maximum atomic E-state index is 13.2. The fraction of sp³-hybridized carbons (Fsp3) is 0.100. The maximum absolute atomic E-state index is 13.2. The molecule has 1 aromatic heterocycles. The minimum Gasteiger partial charge on any atom is -0.428 e. The van der Waals surface area contributed by atoms with E-state index in [9.17, 15) is 4.39 Å². The van der Waals surface area contributed by atoms with Crippen LogP contribution < -0.4 is 4.74 Å². The number of aromatic nitrogens is 1. The van der Waals surface area contributed by atoms with Gasteiger partial charge in [-0.15, -0.1) is 0 Å². The molecule has 0 unspecified atom stereocenters. The molecule has 1 aromatic carbocycles. The number of ether oxygens (including phenoxy) is 1. The van der Waals surface area contributed by atoms with Crippen LogP contribution in [0.3, 0.4) is 0 Å². The molecule has 2 rings (SSSR count). The molecule has 0 bridgehead atoms. The van der Waals surface area contributed by atoms with Gasteiger partial charge in [0.25, 0.3) is 5.19 Å². The van der Waals surface area contributed by atoms with Gasteiger partial charge in [0.05, 0.1) is 11.5 Å². The Kier molecular flexibility index (Phi) is 3.38. The SMILES string of the molecule is OCc1sc(Oc2ccccc2F)nc1Cl. The van der Waals surface area contributed by atoms with Crippen molar-refractivity contribution < 1.29 is 14.2 Å². The van der Waals surface area contributed by atoms with Crippen molar-refractivity contribution in [1.29, 1.82) is 0 Å². The van der Waals surface area contributed by atoms with Crippen molar-refractivity contribution in [3.63, 3.8) is 0 Å². The van der Waals surface area contributed by atoms with E-state index in [-0.39, 0.29) is 22.7 Å². The van der Waals surface area contributed by atoms with Gasteiger partial charge in [0.15, 0.2) is 11.6 Å². The van der Waals surface area contributed by atoms with E-state index in [2.05, 4.69) is 4.98 Å². The number of para-hydroxylation sites is 1. The van der Waals surface area contributed by atoms with Crippen LogP contribution in [-0.4, -0.2) is 10.1 Å². The standard InChI is InChI=1S/C10H7ClFNO2S/c11-9-8(5-14)16-10(13-9)15-7-4-2-1-3-6(7)12/h1-4,14H,5H2. The summed E-state index contributed by atoms with van der Waals surface area (Å²) in [6.45, 7) is -0.211. The Hall–Kier alpha value is -1.17. The van der Waals surface area contributed by atoms with E-state index < -0.39 is 5.82 Å². The molecule has 0 aliphatic rings. The van der Waals surface area contributed by atoms with E-state index in [1.54, 1.807) is 12.1 Å². The number of nitrogens with zero attached hydrogens (tertiary/aromatic N) is 1. The van der Waals surface area contributed by atoms with E-state index in [1.165, 1.54) is 12.1 Å². The molecular formula is C10H7ClFNO2S. The van der Waals surface area contributed by atoms with Gasteiger partial charge in [-0.25, -0.2) is 4.39 Å². The molecule has 84 valence electrons. The van der Waals surface area contributed by atoms with Gasteiger partial charge in [-0.3, -0.25) is 0 Å². The highest BCUT2D eigenvalue weighted by molar-refractivity contribution is 7.13. The van der Waals surface area contributed by atoms with Gasteiger partial charge in [0.1, 0.15) is 5.15 Å². The Morgan fingerprint density at radius 2 is 2.19 bits per heavy atom. The lowest BCUT2D eigenvalue weighted by Gasteiger charge is -2.01. The molecule has 0 saturated carbocycles. The Labute approximate surface area is 100 Å². The molecule has 0 amide bonds. The molecule has 3 nitrogen and oxygen atoms in total. The zero-order chi connectivity index (χ0) is 11.5. The monoisotopic (exact) mass is 259 g/mol. The first-order valence-corrected chi connectivity index (χ1v) is 5.58. The lowest BCUT2D eigenvalue weighted by Crippen LogP contribution is -1.86. The van der Waals surface area contributed by atoms with Crippen LogP contribution in [0.5, 0.6) is 10.9 Å². The van der Waals surface area contributed by atoms with Crippen LogP contribution in [0.1, 0.15) is 4.88 Å². The molecule has 2 aromatic rings. The average Bonchev–Trinajstić information content (AvgIpc) is 2.62. The first-order chi connectivity index (χ1) is 7.70. The van der Waals surface area contributed by atoms with Gasteiger partial charge >= 0.3 is 0 Å². The summed E-state index contributed by atoms with van der Waals surface area (Å²) in [5.74, 6) is -0.392. The quantitative estimate of drug-likeness (QED) is 0.920. The first-order valence-electron chi connectivity index (χ1n) is 4.39. The molecular weight excluding hydrogens is 253 g/mol. The van der Waals surface area contributed by atoms with Crippen molar-refractivity contribution in [2.75, 3.05) is 0 Å². The third-order valence-corrected chi connectivity index (χ3v) is 3.15. The van der Waals surface area contributed by atoms with Crippen molar-refractivity contribution in [2.45, 2.75) is 6.61 Å². The molecule has 0 aliphatic carbocycles. The molecule has 16 heavy (non-hydrogen) atoms. The lowest BCUT2D eigenvalue weighted by molar-refractivity contribution is 0.285. The van der Waals surface area contributed by atoms with E-state index in [1.807, 2.05) is 0 Å². The Bertz CT molecular complexity index is 503. The Morgan fingerprint density at radius 3 is 2.81 bits per heavy atom. The van der Waals surface area contributed by atoms with Crippen molar-refractivity contribution in [3.05, 3.63) is 40.1 Å². The van der Waals surface area contributed by atoms with E-state index in [0.717, 1.165) is 11.3 Å². The zero-order valence-electron chi connectivity index (χ0n) is 7.98. The molecule has 0 fully saturated rings. The van der Waals surface area contributed by atoms with Crippen LogP contribution in [0, 0.1) is 5.82 Å². The molecule has 0 atom stereocenters. The minimum absolute atomic E-state index is 0.0809. The third kappa shape index (κ3) is 2.32. The van der Waals surface area contributed by atoms with Crippen LogP contribution >= 0.6 is 22.9 Å². The smallest absolute Gasteiger partial charge is 0.280 e. The van der Waals surface area contributed by atoms with Gasteiger partial charge in [0, 0.05) is 0 Å². The van der Waals surface area contributed by atoms with Crippen LogP contribution in [0.2, 0.25) is 5.15 Å². The summed E-state index contributed by atoms with van der Waals surface area (Å²) in [5.41, 5.74) is 0. The Balaban J connectivity index is 2.24. The number of halogens is 2. The summed E-state index contributed by atoms with van der Waals surface area (Å²) in [5, 5.41) is 9.30. The minimum atomic E-state index is -0.473. The second kappa shape index (κ2) is 4.78. The fourth-order valence-electron chi connectivity index (χ4n) is 1.08. The summed E-state index contributed by atoms with van der Waals surface area (Å²) >= 11 is 6.80. The average molecular weight is 260 g/mol. The highest BCUT2D eigenvalue weighted by atomic mass is 35.5. The molecule has 0 aliphatic heterocycles. The van der Waals surface area contributed by atoms with Gasteiger partial charge in [0.2, 0.25) is 0 Å². The summed E-state index contributed by atoms with van der Waals surface area (Å²) in [6, 6.07) is 6.00. The number of hydrogen-bond acceptors (Lipinski definition) is 4. The number of thiazole rings is 1. The van der Waals surface area contributed by atoms with E-state index >= 15 is 0 Å². The van der Waals surface area contributed by atoms with Crippen molar-refractivity contribution in [1.82, 2.24) is 4.98 Å². The Morgan fingerprint density at radius 1 is 1.44 bits per heavy atom. The summed E-state index contributed by atoms with van der Waals surface area (Å²) in [7, 11) is 0. The predicted molar refractivity (Wildman–Crippen MR) is 59.5 cm³/mol. The molecule has 6 heteroatoms. The molecule has 0 radical (unpaired) electrons. The number of aliphatic hydroxyl groups excluding tert-OH is 1. The summed E-state index contributed by atoms with van der Waals surface area (Å²) < 4.78 is 18.4. The van der Waals surface area contributed by atoms with Crippen LogP contribution in [-0.2, 0) is 6.61 Å². The lowest BCUT2D eigenvalue weighted by atomic mass is 10.3. The molecule has 1 heterocycles. The van der Waals surface area contributed by atoms with Gasteiger partial charge in [-0.2, -0.15) is 4.98 Å². The highest BCUT2D eigenvalue weighted by Crippen LogP contribution is 2.32. The number of rotatable bonds is 3.